The zero-order chi connectivity index (χ0) is 14.1. The Hall–Kier alpha value is -2.49. The van der Waals surface area contributed by atoms with E-state index >= 15 is 0 Å². The van der Waals surface area contributed by atoms with Gasteiger partial charge in [-0.3, -0.25) is 9.59 Å². The Morgan fingerprint density at radius 1 is 1.25 bits per heavy atom. The van der Waals surface area contributed by atoms with Crippen molar-refractivity contribution in [2.45, 2.75) is 19.3 Å². The number of aryl methyl sites for hydroxylation is 1. The van der Waals surface area contributed by atoms with Crippen LogP contribution in [0.2, 0.25) is 0 Å². The van der Waals surface area contributed by atoms with Crippen molar-refractivity contribution in [3.8, 4) is 0 Å². The monoisotopic (exact) mass is 266 g/mol. The predicted octanol–water partition coefficient (Wildman–Crippen LogP) is 2.70. The molecule has 4 heteroatoms. The van der Waals surface area contributed by atoms with E-state index < -0.39 is 5.92 Å². The Morgan fingerprint density at radius 2 is 2.05 bits per heavy atom. The number of anilines is 1. The maximum absolute atomic E-state index is 12.3. The molecule has 1 aromatic heterocycles. The van der Waals surface area contributed by atoms with Crippen LogP contribution < -0.4 is 5.32 Å². The number of benzene rings is 1. The minimum absolute atomic E-state index is 0.0256. The molecule has 1 atom stereocenters. The van der Waals surface area contributed by atoms with E-state index in [1.807, 2.05) is 31.2 Å². The molecule has 4 nitrogen and oxygen atoms in total. The molecule has 1 N–H and O–H groups in total. The first-order valence-corrected chi connectivity index (χ1v) is 6.51. The van der Waals surface area contributed by atoms with Crippen LogP contribution in [0.4, 0.5) is 5.82 Å². The van der Waals surface area contributed by atoms with Gasteiger partial charge in [0.25, 0.3) is 0 Å². The van der Waals surface area contributed by atoms with Crippen LogP contribution in [-0.2, 0) is 4.79 Å². The highest BCUT2D eigenvalue weighted by atomic mass is 16.2. The van der Waals surface area contributed by atoms with Crippen LogP contribution in [0.3, 0.4) is 0 Å². The maximum atomic E-state index is 12.3. The molecule has 0 radical (unpaired) electrons. The minimum Gasteiger partial charge on any atom is -0.310 e. The fourth-order valence-corrected chi connectivity index (χ4v) is 2.45. The molecule has 20 heavy (non-hydrogen) atoms. The first-order valence-electron chi connectivity index (χ1n) is 6.51. The number of hydrogen-bond acceptors (Lipinski definition) is 3. The highest BCUT2D eigenvalue weighted by Crippen LogP contribution is 2.33. The van der Waals surface area contributed by atoms with E-state index in [0.29, 0.717) is 11.4 Å². The summed E-state index contributed by atoms with van der Waals surface area (Å²) in [5.74, 6) is -0.0588. The van der Waals surface area contributed by atoms with Gasteiger partial charge in [-0.2, -0.15) is 0 Å². The van der Waals surface area contributed by atoms with Gasteiger partial charge < -0.3 is 5.32 Å². The average Bonchev–Trinajstić information content (AvgIpc) is 2.79. The second-order valence-corrected chi connectivity index (χ2v) is 4.98. The molecule has 0 spiro atoms. The first kappa shape index (κ1) is 12.5. The van der Waals surface area contributed by atoms with Crippen LogP contribution in [-0.4, -0.2) is 16.7 Å². The summed E-state index contributed by atoms with van der Waals surface area (Å²) in [5, 5.41) is 2.77. The quantitative estimate of drug-likeness (QED) is 0.909. The minimum atomic E-state index is -0.415. The molecule has 0 bridgehead atoms. The lowest BCUT2D eigenvalue weighted by Gasteiger charge is -2.11. The van der Waals surface area contributed by atoms with E-state index in [9.17, 15) is 9.59 Å². The van der Waals surface area contributed by atoms with Crippen molar-refractivity contribution >= 4 is 17.5 Å². The average molecular weight is 266 g/mol. The van der Waals surface area contributed by atoms with Gasteiger partial charge in [-0.15, -0.1) is 0 Å². The van der Waals surface area contributed by atoms with Crippen molar-refractivity contribution < 1.29 is 9.59 Å². The van der Waals surface area contributed by atoms with Crippen LogP contribution in [0, 0.1) is 6.92 Å². The molecule has 1 aliphatic carbocycles. The van der Waals surface area contributed by atoms with Gasteiger partial charge in [-0.1, -0.05) is 30.3 Å². The lowest BCUT2D eigenvalue weighted by atomic mass is 10.0. The highest BCUT2D eigenvalue weighted by Gasteiger charge is 2.33. The number of nitrogens with zero attached hydrogens (tertiary/aromatic N) is 1. The summed E-state index contributed by atoms with van der Waals surface area (Å²) in [4.78, 5) is 28.3. The van der Waals surface area contributed by atoms with Crippen molar-refractivity contribution in [3.05, 3.63) is 59.3 Å². The summed E-state index contributed by atoms with van der Waals surface area (Å²) in [6.45, 7) is 1.94. The fraction of sp³-hybridized carbons (Fsp3) is 0.188. The van der Waals surface area contributed by atoms with E-state index in [1.54, 1.807) is 18.3 Å². The predicted molar refractivity (Wildman–Crippen MR) is 75.7 cm³/mol. The van der Waals surface area contributed by atoms with E-state index in [2.05, 4.69) is 10.3 Å². The molecular weight excluding hydrogens is 252 g/mol. The van der Waals surface area contributed by atoms with Gasteiger partial charge in [-0.05, 0) is 24.1 Å². The molecule has 2 aromatic rings. The lowest BCUT2D eigenvalue weighted by Crippen LogP contribution is -2.20. The number of nitrogens with one attached hydrogen (secondary N) is 1. The van der Waals surface area contributed by atoms with Crippen molar-refractivity contribution in [1.29, 1.82) is 0 Å². The number of aromatic nitrogens is 1. The zero-order valence-corrected chi connectivity index (χ0v) is 11.1. The fourth-order valence-electron chi connectivity index (χ4n) is 2.45. The number of fused-ring (bicyclic) bond motifs is 1. The number of Topliss-reactive ketones (excluding diaryl/α,β-unsaturated/α-hetero) is 1. The van der Waals surface area contributed by atoms with Crippen LogP contribution >= 0.6 is 0 Å². The Morgan fingerprint density at radius 3 is 2.80 bits per heavy atom. The third-order valence-electron chi connectivity index (χ3n) is 3.51. The summed E-state index contributed by atoms with van der Waals surface area (Å²) in [6, 6.07) is 10.9. The molecule has 0 aliphatic heterocycles. The molecule has 1 heterocycles. The van der Waals surface area contributed by atoms with E-state index in [0.717, 1.165) is 11.1 Å². The van der Waals surface area contributed by atoms with Gasteiger partial charge >= 0.3 is 0 Å². The molecule has 100 valence electrons. The van der Waals surface area contributed by atoms with Crippen molar-refractivity contribution in [1.82, 2.24) is 4.98 Å². The SMILES string of the molecule is Cc1ccc(NC(=O)[C@@H]2CC(=O)c3ccccc32)nc1. The summed E-state index contributed by atoms with van der Waals surface area (Å²) in [6.07, 6.45) is 1.93. The molecule has 0 saturated heterocycles. The summed E-state index contributed by atoms with van der Waals surface area (Å²) in [5.41, 5.74) is 2.50. The van der Waals surface area contributed by atoms with Crippen LogP contribution in [0.1, 0.15) is 33.8 Å². The number of pyridine rings is 1. The van der Waals surface area contributed by atoms with Crippen LogP contribution in [0.25, 0.3) is 0 Å². The molecule has 0 fully saturated rings. The van der Waals surface area contributed by atoms with Gasteiger partial charge in [0.05, 0.1) is 5.92 Å². The Bertz CT molecular complexity index is 677. The number of hydrogen-bond donors (Lipinski definition) is 1. The Labute approximate surface area is 116 Å². The number of rotatable bonds is 2. The van der Waals surface area contributed by atoms with Crippen LogP contribution in [0.5, 0.6) is 0 Å². The zero-order valence-electron chi connectivity index (χ0n) is 11.1. The molecule has 0 unspecified atom stereocenters. The van der Waals surface area contributed by atoms with Crippen LogP contribution in [0.15, 0.2) is 42.6 Å². The second-order valence-electron chi connectivity index (χ2n) is 4.98. The van der Waals surface area contributed by atoms with Gasteiger partial charge in [-0.25, -0.2) is 4.98 Å². The number of amides is 1. The lowest BCUT2D eigenvalue weighted by molar-refractivity contribution is -0.117. The summed E-state index contributed by atoms with van der Waals surface area (Å²) in [7, 11) is 0. The van der Waals surface area contributed by atoms with E-state index in [1.165, 1.54) is 0 Å². The summed E-state index contributed by atoms with van der Waals surface area (Å²) >= 11 is 0. The molecule has 1 amide bonds. The van der Waals surface area contributed by atoms with Gasteiger partial charge in [0, 0.05) is 18.2 Å². The molecule has 1 aliphatic rings. The van der Waals surface area contributed by atoms with Gasteiger partial charge in [0.15, 0.2) is 5.78 Å². The smallest absolute Gasteiger partial charge is 0.233 e. The topological polar surface area (TPSA) is 59.1 Å². The molecule has 0 saturated carbocycles. The largest absolute Gasteiger partial charge is 0.310 e. The third kappa shape index (κ3) is 2.20. The Kier molecular flexibility index (Phi) is 3.06. The highest BCUT2D eigenvalue weighted by molar-refractivity contribution is 6.09. The number of ketones is 1. The normalized spacial score (nSPS) is 16.9. The van der Waals surface area contributed by atoms with E-state index in [-0.39, 0.29) is 18.1 Å². The van der Waals surface area contributed by atoms with Crippen molar-refractivity contribution in [3.63, 3.8) is 0 Å². The number of carbonyl (C=O) groups is 2. The van der Waals surface area contributed by atoms with Crippen molar-refractivity contribution in [2.24, 2.45) is 0 Å². The van der Waals surface area contributed by atoms with Crippen molar-refractivity contribution in [2.75, 3.05) is 5.32 Å². The van der Waals surface area contributed by atoms with Gasteiger partial charge in [0.2, 0.25) is 5.91 Å². The second kappa shape index (κ2) is 4.89. The Balaban J connectivity index is 1.82. The number of carbonyl (C=O) groups excluding carboxylic acids is 2. The molecular formula is C16H14N2O2. The van der Waals surface area contributed by atoms with E-state index in [4.69, 9.17) is 0 Å². The van der Waals surface area contributed by atoms with Gasteiger partial charge in [0.1, 0.15) is 5.82 Å². The standard InChI is InChI=1S/C16H14N2O2/c1-10-6-7-15(17-9-10)18-16(20)13-8-14(19)12-5-3-2-4-11(12)13/h2-7,9,13H,8H2,1H3,(H,17,18,20)/t13-/m1/s1. The molecule has 3 rings (SSSR count). The maximum Gasteiger partial charge on any atom is 0.233 e. The third-order valence-corrected chi connectivity index (χ3v) is 3.51. The first-order chi connectivity index (χ1) is 9.65. The summed E-state index contributed by atoms with van der Waals surface area (Å²) < 4.78 is 0. The molecule has 1 aromatic carbocycles.